The Morgan fingerprint density at radius 3 is 2.14 bits per heavy atom. The molecule has 86 valence electrons. The van der Waals surface area contributed by atoms with Crippen LogP contribution in [0.2, 0.25) is 0 Å². The summed E-state index contributed by atoms with van der Waals surface area (Å²) in [5.41, 5.74) is 0. The van der Waals surface area contributed by atoms with E-state index in [0.717, 1.165) is 6.42 Å². The Morgan fingerprint density at radius 1 is 1.14 bits per heavy atom. The molecule has 0 aromatic carbocycles. The van der Waals surface area contributed by atoms with Crippen molar-refractivity contribution < 1.29 is 8.78 Å². The molecule has 0 aliphatic heterocycles. The molecule has 0 aromatic heterocycles. The molecule has 0 rings (SSSR count). The van der Waals surface area contributed by atoms with Gasteiger partial charge in [-0.05, 0) is 12.3 Å². The molecular weight excluding hydrogens is 184 g/mol. The fraction of sp³-hybridized carbons (Fsp3) is 1.00. The monoisotopic (exact) mass is 207 g/mol. The number of hydrogen-bond donors (Lipinski definition) is 1. The van der Waals surface area contributed by atoms with Gasteiger partial charge in [0.25, 0.3) is 5.92 Å². The summed E-state index contributed by atoms with van der Waals surface area (Å²) < 4.78 is 26.3. The van der Waals surface area contributed by atoms with E-state index in [0.29, 0.717) is 12.3 Å². The Bertz CT molecular complexity index is 144. The first-order valence-corrected chi connectivity index (χ1v) is 5.44. The minimum absolute atomic E-state index is 0.00486. The zero-order valence-corrected chi connectivity index (χ0v) is 9.74. The minimum Gasteiger partial charge on any atom is -0.309 e. The van der Waals surface area contributed by atoms with Crippen molar-refractivity contribution in [1.29, 1.82) is 0 Å². The van der Waals surface area contributed by atoms with E-state index in [4.69, 9.17) is 0 Å². The summed E-state index contributed by atoms with van der Waals surface area (Å²) >= 11 is 0. The van der Waals surface area contributed by atoms with Gasteiger partial charge in [-0.25, -0.2) is 8.78 Å². The summed E-state index contributed by atoms with van der Waals surface area (Å²) in [7, 11) is 0. The molecule has 14 heavy (non-hydrogen) atoms. The van der Waals surface area contributed by atoms with Gasteiger partial charge in [0, 0.05) is 12.5 Å². The Labute approximate surface area is 86.3 Å². The van der Waals surface area contributed by atoms with Gasteiger partial charge in [-0.3, -0.25) is 0 Å². The van der Waals surface area contributed by atoms with Gasteiger partial charge in [-0.1, -0.05) is 34.1 Å². The van der Waals surface area contributed by atoms with Crippen LogP contribution in [-0.4, -0.2) is 18.5 Å². The maximum atomic E-state index is 13.2. The molecule has 0 heterocycles. The molecule has 0 saturated heterocycles. The molecule has 0 spiro atoms. The van der Waals surface area contributed by atoms with Gasteiger partial charge in [-0.15, -0.1) is 0 Å². The molecule has 0 bridgehead atoms. The maximum absolute atomic E-state index is 13.2. The summed E-state index contributed by atoms with van der Waals surface area (Å²) in [5, 5.41) is 2.77. The van der Waals surface area contributed by atoms with Crippen molar-refractivity contribution >= 4 is 0 Å². The highest BCUT2D eigenvalue weighted by Crippen LogP contribution is 2.21. The van der Waals surface area contributed by atoms with Crippen LogP contribution < -0.4 is 5.32 Å². The van der Waals surface area contributed by atoms with Crippen LogP contribution in [0.4, 0.5) is 8.78 Å². The molecule has 0 atom stereocenters. The predicted molar refractivity (Wildman–Crippen MR) is 56.8 cm³/mol. The number of hydrogen-bond acceptors (Lipinski definition) is 1. The molecule has 3 heteroatoms. The molecule has 1 N–H and O–H groups in total. The van der Waals surface area contributed by atoms with Crippen LogP contribution in [0.3, 0.4) is 0 Å². The normalized spacial score (nSPS) is 12.9. The van der Waals surface area contributed by atoms with E-state index in [1.54, 1.807) is 0 Å². The lowest BCUT2D eigenvalue weighted by molar-refractivity contribution is -0.0108. The molecule has 0 amide bonds. The quantitative estimate of drug-likeness (QED) is 0.674. The van der Waals surface area contributed by atoms with Gasteiger partial charge in [-0.2, -0.15) is 0 Å². The first-order valence-electron chi connectivity index (χ1n) is 5.44. The fourth-order valence-corrected chi connectivity index (χ4v) is 1.21. The second-order valence-corrected chi connectivity index (χ2v) is 4.68. The van der Waals surface area contributed by atoms with Crippen molar-refractivity contribution in [2.45, 2.75) is 58.9 Å². The molecule has 0 radical (unpaired) electrons. The van der Waals surface area contributed by atoms with Crippen LogP contribution in [0, 0.1) is 5.92 Å². The number of rotatable bonds is 7. The van der Waals surface area contributed by atoms with Gasteiger partial charge in [0.15, 0.2) is 0 Å². The molecule has 0 aliphatic rings. The largest absolute Gasteiger partial charge is 0.309 e. The summed E-state index contributed by atoms with van der Waals surface area (Å²) in [4.78, 5) is 0. The van der Waals surface area contributed by atoms with E-state index in [1.165, 1.54) is 0 Å². The standard InChI is InChI=1S/C11H23F2N/c1-9(2)6-5-7-11(12,13)8-14-10(3)4/h9-10,14H,5-8H2,1-4H3. The smallest absolute Gasteiger partial charge is 0.260 e. The zero-order chi connectivity index (χ0) is 11.2. The molecule has 1 nitrogen and oxygen atoms in total. The topological polar surface area (TPSA) is 12.0 Å². The Kier molecular flexibility index (Phi) is 6.25. The van der Waals surface area contributed by atoms with Crippen LogP contribution in [-0.2, 0) is 0 Å². The summed E-state index contributed by atoms with van der Waals surface area (Å²) in [6.45, 7) is 7.69. The van der Waals surface area contributed by atoms with Gasteiger partial charge >= 0.3 is 0 Å². The number of halogens is 2. The van der Waals surface area contributed by atoms with E-state index in [-0.39, 0.29) is 19.0 Å². The number of nitrogens with one attached hydrogen (secondary N) is 1. The van der Waals surface area contributed by atoms with E-state index >= 15 is 0 Å². The Hall–Kier alpha value is -0.180. The van der Waals surface area contributed by atoms with Crippen molar-refractivity contribution in [2.24, 2.45) is 5.92 Å². The first-order chi connectivity index (χ1) is 6.33. The van der Waals surface area contributed by atoms with E-state index in [1.807, 2.05) is 13.8 Å². The van der Waals surface area contributed by atoms with Crippen LogP contribution in [0.1, 0.15) is 47.0 Å². The SMILES string of the molecule is CC(C)CCCC(F)(F)CNC(C)C. The second kappa shape index (κ2) is 6.33. The molecule has 0 unspecified atom stereocenters. The van der Waals surface area contributed by atoms with E-state index in [9.17, 15) is 8.78 Å². The predicted octanol–water partition coefficient (Wildman–Crippen LogP) is 3.45. The third-order valence-electron chi connectivity index (χ3n) is 2.09. The highest BCUT2D eigenvalue weighted by Gasteiger charge is 2.27. The lowest BCUT2D eigenvalue weighted by Crippen LogP contribution is -2.36. The molecular formula is C11H23F2N. The third-order valence-corrected chi connectivity index (χ3v) is 2.09. The van der Waals surface area contributed by atoms with E-state index in [2.05, 4.69) is 19.2 Å². The number of alkyl halides is 2. The van der Waals surface area contributed by atoms with Gasteiger partial charge in [0.2, 0.25) is 0 Å². The fourth-order valence-electron chi connectivity index (χ4n) is 1.21. The third kappa shape index (κ3) is 8.42. The highest BCUT2D eigenvalue weighted by atomic mass is 19.3. The summed E-state index contributed by atoms with van der Waals surface area (Å²) in [6, 6.07) is 0.131. The van der Waals surface area contributed by atoms with Gasteiger partial charge < -0.3 is 5.32 Å². The van der Waals surface area contributed by atoms with Gasteiger partial charge in [0.05, 0.1) is 6.54 Å². The van der Waals surface area contributed by atoms with E-state index < -0.39 is 5.92 Å². The van der Waals surface area contributed by atoms with Crippen LogP contribution >= 0.6 is 0 Å². The molecule has 0 saturated carbocycles. The molecule has 0 aromatic rings. The van der Waals surface area contributed by atoms with Crippen molar-refractivity contribution in [3.63, 3.8) is 0 Å². The highest BCUT2D eigenvalue weighted by molar-refractivity contribution is 4.71. The molecule has 0 fully saturated rings. The lowest BCUT2D eigenvalue weighted by Gasteiger charge is -2.19. The Balaban J connectivity index is 3.61. The lowest BCUT2D eigenvalue weighted by atomic mass is 10.0. The average molecular weight is 207 g/mol. The van der Waals surface area contributed by atoms with Crippen molar-refractivity contribution in [3.05, 3.63) is 0 Å². The first kappa shape index (κ1) is 13.8. The average Bonchev–Trinajstić information content (AvgIpc) is 2.00. The van der Waals surface area contributed by atoms with Crippen molar-refractivity contribution in [1.82, 2.24) is 5.32 Å². The van der Waals surface area contributed by atoms with Crippen LogP contribution in [0.15, 0.2) is 0 Å². The summed E-state index contributed by atoms with van der Waals surface area (Å²) in [6.07, 6.45) is 1.51. The Morgan fingerprint density at radius 2 is 1.71 bits per heavy atom. The van der Waals surface area contributed by atoms with Crippen LogP contribution in [0.25, 0.3) is 0 Å². The van der Waals surface area contributed by atoms with Crippen molar-refractivity contribution in [3.8, 4) is 0 Å². The maximum Gasteiger partial charge on any atom is 0.260 e. The van der Waals surface area contributed by atoms with Crippen molar-refractivity contribution in [2.75, 3.05) is 6.54 Å². The summed E-state index contributed by atoms with van der Waals surface area (Å²) in [5.74, 6) is -2.03. The van der Waals surface area contributed by atoms with Crippen LogP contribution in [0.5, 0.6) is 0 Å². The second-order valence-electron chi connectivity index (χ2n) is 4.68. The minimum atomic E-state index is -2.54. The zero-order valence-electron chi connectivity index (χ0n) is 9.74. The molecule has 0 aliphatic carbocycles. The van der Waals surface area contributed by atoms with Gasteiger partial charge in [0.1, 0.15) is 0 Å².